The summed E-state index contributed by atoms with van der Waals surface area (Å²) >= 11 is 6.07. The molecular formula is C20H14ClN3O3. The van der Waals surface area contributed by atoms with Crippen molar-refractivity contribution in [2.24, 2.45) is 0 Å². The van der Waals surface area contributed by atoms with Crippen molar-refractivity contribution in [3.63, 3.8) is 0 Å². The van der Waals surface area contributed by atoms with Gasteiger partial charge in [-0.3, -0.25) is 9.59 Å². The lowest BCUT2D eigenvalue weighted by molar-refractivity contribution is -0.122. The molecule has 0 bridgehead atoms. The SMILES string of the molecule is COC(=C1C(=O)N(C(C)=O)c2cc(Cl)ccc21)c1ccc2ncncc2c1. The minimum Gasteiger partial charge on any atom is -0.495 e. The minimum absolute atomic E-state index is 0.315. The Bertz CT molecular complexity index is 1140. The molecule has 6 nitrogen and oxygen atoms in total. The van der Waals surface area contributed by atoms with Gasteiger partial charge in [-0.2, -0.15) is 0 Å². The average molecular weight is 380 g/mol. The zero-order valence-electron chi connectivity index (χ0n) is 14.6. The quantitative estimate of drug-likeness (QED) is 0.501. The first kappa shape index (κ1) is 17.2. The van der Waals surface area contributed by atoms with E-state index in [0.29, 0.717) is 33.2 Å². The number of amides is 2. The molecule has 134 valence electrons. The van der Waals surface area contributed by atoms with Gasteiger partial charge in [0, 0.05) is 34.7 Å². The van der Waals surface area contributed by atoms with Gasteiger partial charge in [0.25, 0.3) is 5.91 Å². The molecular weight excluding hydrogens is 366 g/mol. The molecule has 27 heavy (non-hydrogen) atoms. The van der Waals surface area contributed by atoms with Gasteiger partial charge in [-0.1, -0.05) is 17.7 Å². The highest BCUT2D eigenvalue weighted by Crippen LogP contribution is 2.42. The molecule has 4 rings (SSSR count). The highest BCUT2D eigenvalue weighted by atomic mass is 35.5. The maximum absolute atomic E-state index is 13.1. The number of halogens is 1. The zero-order chi connectivity index (χ0) is 19.1. The lowest BCUT2D eigenvalue weighted by atomic mass is 10.0. The second-order valence-electron chi connectivity index (χ2n) is 6.03. The van der Waals surface area contributed by atoms with Crippen molar-refractivity contribution >= 4 is 51.3 Å². The Morgan fingerprint density at radius 1 is 1.19 bits per heavy atom. The molecule has 1 aromatic heterocycles. The summed E-state index contributed by atoms with van der Waals surface area (Å²) in [5, 5.41) is 1.26. The van der Waals surface area contributed by atoms with Gasteiger partial charge >= 0.3 is 0 Å². The topological polar surface area (TPSA) is 72.4 Å². The van der Waals surface area contributed by atoms with E-state index in [0.717, 1.165) is 15.8 Å². The molecule has 0 N–H and O–H groups in total. The minimum atomic E-state index is -0.443. The number of rotatable bonds is 2. The van der Waals surface area contributed by atoms with Crippen molar-refractivity contribution in [1.29, 1.82) is 0 Å². The van der Waals surface area contributed by atoms with Crippen LogP contribution in [0.2, 0.25) is 5.02 Å². The normalized spacial score (nSPS) is 15.1. The van der Waals surface area contributed by atoms with Gasteiger partial charge in [0.15, 0.2) is 0 Å². The zero-order valence-corrected chi connectivity index (χ0v) is 15.3. The largest absolute Gasteiger partial charge is 0.495 e. The lowest BCUT2D eigenvalue weighted by Gasteiger charge is -2.13. The summed E-state index contributed by atoms with van der Waals surface area (Å²) in [6.45, 7) is 1.34. The highest BCUT2D eigenvalue weighted by molar-refractivity contribution is 6.43. The van der Waals surface area contributed by atoms with E-state index in [1.54, 1.807) is 24.4 Å². The monoisotopic (exact) mass is 379 g/mol. The number of hydrogen-bond donors (Lipinski definition) is 0. The van der Waals surface area contributed by atoms with Crippen LogP contribution in [0, 0.1) is 0 Å². The standard InChI is InChI=1S/C20H14ClN3O3/c1-11(25)24-17-8-14(21)4-5-15(17)18(20(24)26)19(27-2)12-3-6-16-13(7-12)9-22-10-23-16/h3-10H,1-2H3. The van der Waals surface area contributed by atoms with E-state index in [2.05, 4.69) is 9.97 Å². The summed E-state index contributed by atoms with van der Waals surface area (Å²) in [6.07, 6.45) is 3.17. The van der Waals surface area contributed by atoms with Gasteiger partial charge in [-0.05, 0) is 30.3 Å². The first-order chi connectivity index (χ1) is 13.0. The number of ether oxygens (including phenoxy) is 1. The summed E-state index contributed by atoms with van der Waals surface area (Å²) in [6, 6.07) is 10.5. The van der Waals surface area contributed by atoms with E-state index in [4.69, 9.17) is 16.3 Å². The number of imide groups is 1. The van der Waals surface area contributed by atoms with Gasteiger partial charge in [0.05, 0.1) is 23.9 Å². The van der Waals surface area contributed by atoms with Crippen LogP contribution in [-0.4, -0.2) is 28.9 Å². The number of carbonyl (C=O) groups is 2. The smallest absolute Gasteiger partial charge is 0.269 e. The summed E-state index contributed by atoms with van der Waals surface area (Å²) < 4.78 is 5.60. The van der Waals surface area contributed by atoms with Gasteiger partial charge in [-0.15, -0.1) is 0 Å². The van der Waals surface area contributed by atoms with Crippen molar-refractivity contribution < 1.29 is 14.3 Å². The first-order valence-electron chi connectivity index (χ1n) is 8.14. The van der Waals surface area contributed by atoms with E-state index in [9.17, 15) is 9.59 Å². The Morgan fingerprint density at radius 2 is 2.00 bits per heavy atom. The highest BCUT2D eigenvalue weighted by Gasteiger charge is 2.38. The van der Waals surface area contributed by atoms with E-state index < -0.39 is 5.91 Å². The molecule has 0 spiro atoms. The van der Waals surface area contributed by atoms with Crippen LogP contribution in [0.3, 0.4) is 0 Å². The molecule has 2 heterocycles. The molecule has 0 aliphatic carbocycles. The summed E-state index contributed by atoms with van der Waals surface area (Å²) in [7, 11) is 1.49. The van der Waals surface area contributed by atoms with Crippen molar-refractivity contribution in [3.8, 4) is 0 Å². The molecule has 0 saturated carbocycles. The molecule has 0 fully saturated rings. The number of aromatic nitrogens is 2. The van der Waals surface area contributed by atoms with Gasteiger partial charge < -0.3 is 4.74 Å². The molecule has 0 saturated heterocycles. The molecule has 1 aliphatic rings. The fraction of sp³-hybridized carbons (Fsp3) is 0.100. The Labute approximate surface area is 160 Å². The van der Waals surface area contributed by atoms with Crippen LogP contribution >= 0.6 is 11.6 Å². The van der Waals surface area contributed by atoms with Crippen molar-refractivity contribution in [3.05, 3.63) is 65.1 Å². The van der Waals surface area contributed by atoms with Crippen LogP contribution in [0.15, 0.2) is 48.9 Å². The maximum atomic E-state index is 13.1. The number of carbonyl (C=O) groups excluding carboxylic acids is 2. The van der Waals surface area contributed by atoms with Crippen molar-refractivity contribution in [1.82, 2.24) is 9.97 Å². The number of hydrogen-bond acceptors (Lipinski definition) is 5. The number of anilines is 1. The van der Waals surface area contributed by atoms with Crippen LogP contribution < -0.4 is 4.90 Å². The van der Waals surface area contributed by atoms with Crippen LogP contribution in [0.4, 0.5) is 5.69 Å². The van der Waals surface area contributed by atoms with E-state index >= 15 is 0 Å². The second-order valence-corrected chi connectivity index (χ2v) is 6.46. The fourth-order valence-corrected chi connectivity index (χ4v) is 3.43. The number of benzene rings is 2. The molecule has 3 aromatic rings. The number of nitrogens with zero attached hydrogens (tertiary/aromatic N) is 3. The molecule has 2 amide bonds. The first-order valence-corrected chi connectivity index (χ1v) is 8.52. The van der Waals surface area contributed by atoms with E-state index in [-0.39, 0.29) is 5.91 Å². The summed E-state index contributed by atoms with van der Waals surface area (Å²) in [5.74, 6) is -0.458. The molecule has 0 radical (unpaired) electrons. The van der Waals surface area contributed by atoms with Gasteiger partial charge in [0.1, 0.15) is 12.1 Å². The molecule has 2 aromatic carbocycles. The fourth-order valence-electron chi connectivity index (χ4n) is 3.26. The van der Waals surface area contributed by atoms with E-state index in [1.165, 1.54) is 20.4 Å². The number of methoxy groups -OCH3 is 1. The van der Waals surface area contributed by atoms with Crippen LogP contribution in [0.5, 0.6) is 0 Å². The third kappa shape index (κ3) is 2.74. The third-order valence-electron chi connectivity index (χ3n) is 4.40. The Hall–Kier alpha value is -3.25. The van der Waals surface area contributed by atoms with E-state index in [1.807, 2.05) is 18.2 Å². The Morgan fingerprint density at radius 3 is 2.74 bits per heavy atom. The predicted molar refractivity (Wildman–Crippen MR) is 103 cm³/mol. The predicted octanol–water partition coefficient (Wildman–Crippen LogP) is 3.69. The van der Waals surface area contributed by atoms with Gasteiger partial charge in [0.2, 0.25) is 5.91 Å². The summed E-state index contributed by atoms with van der Waals surface area (Å²) in [5.41, 5.74) is 2.84. The third-order valence-corrected chi connectivity index (χ3v) is 4.63. The maximum Gasteiger partial charge on any atom is 0.269 e. The van der Waals surface area contributed by atoms with Crippen LogP contribution in [0.1, 0.15) is 18.1 Å². The lowest BCUT2D eigenvalue weighted by Crippen LogP contribution is -2.31. The summed E-state index contributed by atoms with van der Waals surface area (Å²) in [4.78, 5) is 34.5. The van der Waals surface area contributed by atoms with Crippen molar-refractivity contribution in [2.45, 2.75) is 6.92 Å². The Kier molecular flexibility index (Phi) is 4.12. The van der Waals surface area contributed by atoms with Crippen LogP contribution in [-0.2, 0) is 14.3 Å². The number of fused-ring (bicyclic) bond motifs is 2. The molecule has 7 heteroatoms. The molecule has 0 atom stereocenters. The Balaban J connectivity index is 1.98. The molecule has 0 unspecified atom stereocenters. The van der Waals surface area contributed by atoms with Crippen molar-refractivity contribution in [2.75, 3.05) is 12.0 Å². The molecule has 1 aliphatic heterocycles. The second kappa shape index (κ2) is 6.48. The van der Waals surface area contributed by atoms with Crippen LogP contribution in [0.25, 0.3) is 22.2 Å². The average Bonchev–Trinajstić information content (AvgIpc) is 2.94. The van der Waals surface area contributed by atoms with Gasteiger partial charge in [-0.25, -0.2) is 14.9 Å².